The van der Waals surface area contributed by atoms with E-state index in [1.807, 2.05) is 19.0 Å². The van der Waals surface area contributed by atoms with Gasteiger partial charge in [0.1, 0.15) is 0 Å². The Morgan fingerprint density at radius 2 is 1.89 bits per heavy atom. The highest BCUT2D eigenvalue weighted by molar-refractivity contribution is 6.28. The Morgan fingerprint density at radius 1 is 1.21 bits per heavy atom. The lowest BCUT2D eigenvalue weighted by atomic mass is 9.93. The highest BCUT2D eigenvalue weighted by Gasteiger charge is 2.21. The molecule has 0 aromatic carbocycles. The third-order valence-electron chi connectivity index (χ3n) is 3.58. The fourth-order valence-electron chi connectivity index (χ4n) is 2.50. The molecule has 0 saturated carbocycles. The van der Waals surface area contributed by atoms with Crippen molar-refractivity contribution >= 4 is 23.5 Å². The average Bonchev–Trinajstić information content (AvgIpc) is 2.39. The van der Waals surface area contributed by atoms with Crippen LogP contribution in [0.1, 0.15) is 32.6 Å². The Hall–Kier alpha value is -1.10. The van der Waals surface area contributed by atoms with Crippen molar-refractivity contribution in [3.8, 4) is 0 Å². The van der Waals surface area contributed by atoms with Crippen LogP contribution in [0.15, 0.2) is 0 Å². The molecule has 1 fully saturated rings. The fourth-order valence-corrected chi connectivity index (χ4v) is 2.65. The van der Waals surface area contributed by atoms with Gasteiger partial charge in [0.25, 0.3) is 0 Å². The zero-order valence-electron chi connectivity index (χ0n) is 11.9. The fraction of sp³-hybridized carbons (Fsp3) is 0.769. The standard InChI is InChI=1S/C13H22ClN5/c1-4-5-10-6-8-19(9-7-10)13-16-11(14)15-12(17-13)18(2)3/h10H,4-9H2,1-3H3. The minimum atomic E-state index is 0.268. The third kappa shape index (κ3) is 3.69. The Kier molecular flexibility index (Phi) is 4.80. The van der Waals surface area contributed by atoms with Crippen molar-refractivity contribution in [2.24, 2.45) is 5.92 Å². The van der Waals surface area contributed by atoms with Gasteiger partial charge in [0.05, 0.1) is 0 Å². The molecule has 2 rings (SSSR count). The summed E-state index contributed by atoms with van der Waals surface area (Å²) in [4.78, 5) is 16.9. The van der Waals surface area contributed by atoms with Crippen molar-refractivity contribution in [3.05, 3.63) is 5.28 Å². The van der Waals surface area contributed by atoms with Crippen LogP contribution in [0.5, 0.6) is 0 Å². The monoisotopic (exact) mass is 283 g/mol. The Bertz CT molecular complexity index is 415. The van der Waals surface area contributed by atoms with E-state index in [2.05, 4.69) is 26.8 Å². The molecule has 1 saturated heterocycles. The molecule has 1 aliphatic rings. The van der Waals surface area contributed by atoms with Crippen molar-refractivity contribution in [1.29, 1.82) is 0 Å². The molecule has 1 aromatic rings. The van der Waals surface area contributed by atoms with E-state index in [1.165, 1.54) is 25.7 Å². The molecule has 2 heterocycles. The van der Waals surface area contributed by atoms with E-state index < -0.39 is 0 Å². The Labute approximate surface area is 120 Å². The predicted molar refractivity (Wildman–Crippen MR) is 79.0 cm³/mol. The van der Waals surface area contributed by atoms with E-state index >= 15 is 0 Å². The first kappa shape index (κ1) is 14.3. The van der Waals surface area contributed by atoms with Crippen LogP contribution in [0, 0.1) is 5.92 Å². The first-order valence-corrected chi connectivity index (χ1v) is 7.31. The van der Waals surface area contributed by atoms with Gasteiger partial charge in [0, 0.05) is 27.2 Å². The minimum Gasteiger partial charge on any atom is -0.347 e. The van der Waals surface area contributed by atoms with Gasteiger partial charge in [-0.15, -0.1) is 0 Å². The minimum absolute atomic E-state index is 0.268. The molecule has 1 aromatic heterocycles. The smallest absolute Gasteiger partial charge is 0.231 e. The van der Waals surface area contributed by atoms with E-state index in [1.54, 1.807) is 0 Å². The lowest BCUT2D eigenvalue weighted by Gasteiger charge is -2.32. The molecule has 0 amide bonds. The molecule has 0 spiro atoms. The number of nitrogens with zero attached hydrogens (tertiary/aromatic N) is 5. The van der Waals surface area contributed by atoms with Crippen LogP contribution in [0.25, 0.3) is 0 Å². The van der Waals surface area contributed by atoms with E-state index in [-0.39, 0.29) is 5.28 Å². The van der Waals surface area contributed by atoms with Gasteiger partial charge in [-0.2, -0.15) is 15.0 Å². The normalized spacial score (nSPS) is 16.7. The van der Waals surface area contributed by atoms with Crippen molar-refractivity contribution in [2.45, 2.75) is 32.6 Å². The lowest BCUT2D eigenvalue weighted by Crippen LogP contribution is -2.35. The number of halogens is 1. The molecule has 106 valence electrons. The highest BCUT2D eigenvalue weighted by atomic mass is 35.5. The van der Waals surface area contributed by atoms with Crippen LogP contribution in [0.2, 0.25) is 5.28 Å². The summed E-state index contributed by atoms with van der Waals surface area (Å²) in [5, 5.41) is 0.268. The van der Waals surface area contributed by atoms with E-state index in [0.717, 1.165) is 19.0 Å². The van der Waals surface area contributed by atoms with Crippen molar-refractivity contribution in [3.63, 3.8) is 0 Å². The predicted octanol–water partition coefficient (Wildman–Crippen LogP) is 2.61. The maximum Gasteiger partial charge on any atom is 0.231 e. The average molecular weight is 284 g/mol. The van der Waals surface area contributed by atoms with E-state index in [0.29, 0.717) is 11.9 Å². The van der Waals surface area contributed by atoms with Gasteiger partial charge in [-0.25, -0.2) is 0 Å². The summed E-state index contributed by atoms with van der Waals surface area (Å²) in [5.74, 6) is 2.18. The summed E-state index contributed by atoms with van der Waals surface area (Å²) in [7, 11) is 3.81. The molecule has 0 atom stereocenters. The highest BCUT2D eigenvalue weighted by Crippen LogP contribution is 2.25. The van der Waals surface area contributed by atoms with Crippen LogP contribution in [0.4, 0.5) is 11.9 Å². The molecule has 6 heteroatoms. The third-order valence-corrected chi connectivity index (χ3v) is 3.75. The Morgan fingerprint density at radius 3 is 2.47 bits per heavy atom. The van der Waals surface area contributed by atoms with Crippen LogP contribution >= 0.6 is 11.6 Å². The van der Waals surface area contributed by atoms with Gasteiger partial charge in [0.15, 0.2) is 0 Å². The van der Waals surface area contributed by atoms with Gasteiger partial charge in [-0.05, 0) is 30.4 Å². The second-order valence-electron chi connectivity index (χ2n) is 5.32. The summed E-state index contributed by atoms with van der Waals surface area (Å²) in [6.07, 6.45) is 5.03. The molecule has 5 nitrogen and oxygen atoms in total. The van der Waals surface area contributed by atoms with Crippen LogP contribution in [0.3, 0.4) is 0 Å². The largest absolute Gasteiger partial charge is 0.347 e. The second kappa shape index (κ2) is 6.37. The quantitative estimate of drug-likeness (QED) is 0.850. The lowest BCUT2D eigenvalue weighted by molar-refractivity contribution is 0.376. The maximum atomic E-state index is 5.98. The first-order valence-electron chi connectivity index (χ1n) is 6.94. The zero-order chi connectivity index (χ0) is 13.8. The number of anilines is 2. The first-order chi connectivity index (χ1) is 9.10. The molecule has 1 aliphatic heterocycles. The maximum absolute atomic E-state index is 5.98. The van der Waals surface area contributed by atoms with Gasteiger partial charge in [-0.1, -0.05) is 19.8 Å². The number of hydrogen-bond acceptors (Lipinski definition) is 5. The van der Waals surface area contributed by atoms with E-state index in [4.69, 9.17) is 11.6 Å². The van der Waals surface area contributed by atoms with Gasteiger partial charge in [0.2, 0.25) is 17.2 Å². The molecule has 0 bridgehead atoms. The molecule has 0 unspecified atom stereocenters. The number of hydrogen-bond donors (Lipinski definition) is 0. The molecule has 0 aliphatic carbocycles. The summed E-state index contributed by atoms with van der Waals surface area (Å²) in [5.41, 5.74) is 0. The van der Waals surface area contributed by atoms with Crippen molar-refractivity contribution in [2.75, 3.05) is 37.0 Å². The van der Waals surface area contributed by atoms with E-state index in [9.17, 15) is 0 Å². The van der Waals surface area contributed by atoms with Crippen molar-refractivity contribution in [1.82, 2.24) is 15.0 Å². The van der Waals surface area contributed by atoms with Crippen LogP contribution < -0.4 is 9.80 Å². The number of aromatic nitrogens is 3. The summed E-state index contributed by atoms with van der Waals surface area (Å²) in [6, 6.07) is 0. The summed E-state index contributed by atoms with van der Waals surface area (Å²) >= 11 is 5.98. The molecular weight excluding hydrogens is 262 g/mol. The SMILES string of the molecule is CCCC1CCN(c2nc(Cl)nc(N(C)C)n2)CC1. The topological polar surface area (TPSA) is 45.2 Å². The molecule has 0 radical (unpaired) electrons. The van der Waals surface area contributed by atoms with Gasteiger partial charge >= 0.3 is 0 Å². The molecule has 19 heavy (non-hydrogen) atoms. The Balaban J connectivity index is 2.06. The van der Waals surface area contributed by atoms with Gasteiger partial charge < -0.3 is 9.80 Å². The zero-order valence-corrected chi connectivity index (χ0v) is 12.7. The summed E-state index contributed by atoms with van der Waals surface area (Å²) < 4.78 is 0. The number of piperidine rings is 1. The molecular formula is C13H22ClN5. The second-order valence-corrected chi connectivity index (χ2v) is 5.66. The van der Waals surface area contributed by atoms with Crippen LogP contribution in [-0.4, -0.2) is 42.1 Å². The van der Waals surface area contributed by atoms with Crippen molar-refractivity contribution < 1.29 is 0 Å². The van der Waals surface area contributed by atoms with Gasteiger partial charge in [-0.3, -0.25) is 0 Å². The number of rotatable bonds is 4. The molecule has 0 N–H and O–H groups in total. The van der Waals surface area contributed by atoms with Crippen LogP contribution in [-0.2, 0) is 0 Å². The summed E-state index contributed by atoms with van der Waals surface area (Å²) in [6.45, 7) is 4.28.